The predicted molar refractivity (Wildman–Crippen MR) is 99.4 cm³/mol. The summed E-state index contributed by atoms with van der Waals surface area (Å²) in [4.78, 5) is 18.3. The van der Waals surface area contributed by atoms with Crippen molar-refractivity contribution in [1.82, 2.24) is 15.5 Å². The number of nitrogens with zero attached hydrogens (tertiary/aromatic N) is 2. The van der Waals surface area contributed by atoms with Crippen LogP contribution < -0.4 is 10.6 Å². The van der Waals surface area contributed by atoms with Gasteiger partial charge in [-0.25, -0.2) is 4.79 Å². The van der Waals surface area contributed by atoms with Crippen molar-refractivity contribution < 1.29 is 9.53 Å². The van der Waals surface area contributed by atoms with Crippen LogP contribution in [0.3, 0.4) is 0 Å². The Morgan fingerprint density at radius 2 is 1.96 bits per heavy atom. The Labute approximate surface area is 147 Å². The van der Waals surface area contributed by atoms with Crippen molar-refractivity contribution in [3.8, 4) is 0 Å². The lowest BCUT2D eigenvalue weighted by atomic mass is 9.97. The third kappa shape index (κ3) is 8.41. The first-order valence-electron chi connectivity index (χ1n) is 9.13. The molecule has 1 atom stereocenters. The summed E-state index contributed by atoms with van der Waals surface area (Å²) in [5, 5.41) is 6.17. The molecule has 6 heteroatoms. The Balaban J connectivity index is 2.20. The highest BCUT2D eigenvalue weighted by atomic mass is 16.6. The summed E-state index contributed by atoms with van der Waals surface area (Å²) in [6, 6.07) is 0. The Kier molecular flexibility index (Phi) is 8.36. The number of likely N-dealkylation sites (tertiary alicyclic amines) is 1. The maximum Gasteiger partial charge on any atom is 0.407 e. The minimum absolute atomic E-state index is 0.358. The number of alkyl carbamates (subject to hydrolysis) is 1. The van der Waals surface area contributed by atoms with Gasteiger partial charge >= 0.3 is 6.09 Å². The molecule has 140 valence electrons. The third-order valence-electron chi connectivity index (χ3n) is 3.91. The summed E-state index contributed by atoms with van der Waals surface area (Å²) >= 11 is 0. The van der Waals surface area contributed by atoms with E-state index in [9.17, 15) is 4.79 Å². The summed E-state index contributed by atoms with van der Waals surface area (Å²) in [7, 11) is 1.83. The van der Waals surface area contributed by atoms with Crippen molar-refractivity contribution in [1.29, 1.82) is 0 Å². The third-order valence-corrected chi connectivity index (χ3v) is 3.91. The molecule has 24 heavy (non-hydrogen) atoms. The number of carbonyl (C=O) groups excluding carboxylic acids is 1. The Hall–Kier alpha value is -1.46. The molecule has 1 rings (SSSR count). The van der Waals surface area contributed by atoms with Crippen molar-refractivity contribution in [3.05, 3.63) is 0 Å². The Morgan fingerprint density at radius 1 is 1.29 bits per heavy atom. The van der Waals surface area contributed by atoms with Crippen molar-refractivity contribution >= 4 is 12.1 Å². The highest BCUT2D eigenvalue weighted by Crippen LogP contribution is 2.23. The van der Waals surface area contributed by atoms with Crippen LogP contribution >= 0.6 is 0 Å². The molecular formula is C18H36N4O2. The molecule has 0 aromatic heterocycles. The highest BCUT2D eigenvalue weighted by Gasteiger charge is 2.25. The lowest BCUT2D eigenvalue weighted by molar-refractivity contribution is 0.0527. The van der Waals surface area contributed by atoms with E-state index in [1.165, 1.54) is 12.8 Å². The van der Waals surface area contributed by atoms with E-state index in [-0.39, 0.29) is 6.09 Å². The molecule has 1 unspecified atom stereocenters. The van der Waals surface area contributed by atoms with Gasteiger partial charge in [0.1, 0.15) is 5.60 Å². The minimum atomic E-state index is -0.452. The number of hydrogen-bond donors (Lipinski definition) is 2. The maximum atomic E-state index is 11.6. The first-order chi connectivity index (χ1) is 11.2. The van der Waals surface area contributed by atoms with Crippen LogP contribution in [0, 0.1) is 11.8 Å². The summed E-state index contributed by atoms with van der Waals surface area (Å²) in [6.45, 7) is 13.7. The molecule has 6 nitrogen and oxygen atoms in total. The Morgan fingerprint density at radius 3 is 2.54 bits per heavy atom. The first-order valence-corrected chi connectivity index (χ1v) is 9.13. The quantitative estimate of drug-likeness (QED) is 0.443. The second kappa shape index (κ2) is 9.74. The van der Waals surface area contributed by atoms with Gasteiger partial charge in [-0.05, 0) is 51.9 Å². The molecule has 1 saturated heterocycles. The molecule has 0 saturated carbocycles. The number of aliphatic imine (C=N–C) groups is 1. The van der Waals surface area contributed by atoms with Crippen LogP contribution in [-0.2, 0) is 4.74 Å². The van der Waals surface area contributed by atoms with Crippen molar-refractivity contribution in [2.45, 2.75) is 59.5 Å². The average molecular weight is 341 g/mol. The number of carbonyl (C=O) groups is 1. The highest BCUT2D eigenvalue weighted by molar-refractivity contribution is 5.80. The minimum Gasteiger partial charge on any atom is -0.444 e. The average Bonchev–Trinajstić information content (AvgIpc) is 2.88. The van der Waals surface area contributed by atoms with Gasteiger partial charge in [-0.15, -0.1) is 0 Å². The van der Waals surface area contributed by atoms with E-state index in [1.807, 2.05) is 27.8 Å². The van der Waals surface area contributed by atoms with Gasteiger partial charge in [0.05, 0.1) is 0 Å². The van der Waals surface area contributed by atoms with Gasteiger partial charge in [0.2, 0.25) is 0 Å². The fraction of sp³-hybridized carbons (Fsp3) is 0.889. The van der Waals surface area contributed by atoms with Crippen molar-refractivity contribution in [3.63, 3.8) is 0 Å². The second-order valence-electron chi connectivity index (χ2n) is 7.99. The van der Waals surface area contributed by atoms with Crippen LogP contribution in [0.4, 0.5) is 4.79 Å². The predicted octanol–water partition coefficient (Wildman–Crippen LogP) is 2.84. The summed E-state index contributed by atoms with van der Waals surface area (Å²) in [6.07, 6.45) is 3.01. The number of ether oxygens (including phenoxy) is 1. The van der Waals surface area contributed by atoms with Gasteiger partial charge in [-0.2, -0.15) is 0 Å². The summed E-state index contributed by atoms with van der Waals surface area (Å²) < 4.78 is 5.21. The number of guanidine groups is 1. The van der Waals surface area contributed by atoms with E-state index in [2.05, 4.69) is 34.4 Å². The summed E-state index contributed by atoms with van der Waals surface area (Å²) in [5.41, 5.74) is -0.452. The Bertz CT molecular complexity index is 416. The van der Waals surface area contributed by atoms with Gasteiger partial charge in [-0.1, -0.05) is 13.8 Å². The molecule has 0 radical (unpaired) electrons. The van der Waals surface area contributed by atoms with Crippen LogP contribution in [0.5, 0.6) is 0 Å². The summed E-state index contributed by atoms with van der Waals surface area (Å²) in [5.74, 6) is 2.50. The molecule has 1 amide bonds. The van der Waals surface area contributed by atoms with Gasteiger partial charge < -0.3 is 20.3 Å². The van der Waals surface area contributed by atoms with Gasteiger partial charge in [0.25, 0.3) is 0 Å². The molecule has 2 N–H and O–H groups in total. The monoisotopic (exact) mass is 340 g/mol. The molecule has 1 fully saturated rings. The van der Waals surface area contributed by atoms with E-state index in [0.717, 1.165) is 43.9 Å². The lowest BCUT2D eigenvalue weighted by Gasteiger charge is -2.22. The number of amides is 1. The second-order valence-corrected chi connectivity index (χ2v) is 7.99. The first kappa shape index (κ1) is 20.6. The van der Waals surface area contributed by atoms with Crippen LogP contribution in [-0.4, -0.2) is 55.8 Å². The number of rotatable bonds is 6. The van der Waals surface area contributed by atoms with E-state index < -0.39 is 5.60 Å². The fourth-order valence-corrected chi connectivity index (χ4v) is 3.01. The van der Waals surface area contributed by atoms with E-state index in [4.69, 9.17) is 4.74 Å². The molecule has 1 aliphatic rings. The van der Waals surface area contributed by atoms with E-state index >= 15 is 0 Å². The molecule has 0 aliphatic carbocycles. The van der Waals surface area contributed by atoms with Crippen LogP contribution in [0.2, 0.25) is 0 Å². The van der Waals surface area contributed by atoms with E-state index in [0.29, 0.717) is 6.54 Å². The standard InChI is InChI=1S/C18H36N4O2/c1-14(2)12-15-8-11-22(13-15)16(19-6)20-9-7-10-21-17(23)24-18(3,4)5/h14-15H,7-13H2,1-6H3,(H,19,20)(H,21,23). The molecule has 0 spiro atoms. The molecule has 1 aliphatic heterocycles. The van der Waals surface area contributed by atoms with Gasteiger partial charge in [-0.3, -0.25) is 4.99 Å². The van der Waals surface area contributed by atoms with Crippen LogP contribution in [0.25, 0.3) is 0 Å². The fourth-order valence-electron chi connectivity index (χ4n) is 3.01. The largest absolute Gasteiger partial charge is 0.444 e. The SMILES string of the molecule is CN=C(NCCCNC(=O)OC(C)(C)C)N1CCC(CC(C)C)C1. The molecular weight excluding hydrogens is 304 g/mol. The topological polar surface area (TPSA) is 66.0 Å². The maximum absolute atomic E-state index is 11.6. The van der Waals surface area contributed by atoms with E-state index in [1.54, 1.807) is 0 Å². The zero-order valence-corrected chi connectivity index (χ0v) is 16.3. The number of nitrogens with one attached hydrogen (secondary N) is 2. The van der Waals surface area contributed by atoms with Gasteiger partial charge in [0.15, 0.2) is 5.96 Å². The van der Waals surface area contributed by atoms with Crippen molar-refractivity contribution in [2.24, 2.45) is 16.8 Å². The van der Waals surface area contributed by atoms with Crippen LogP contribution in [0.1, 0.15) is 53.9 Å². The van der Waals surface area contributed by atoms with Crippen molar-refractivity contribution in [2.75, 3.05) is 33.2 Å². The molecule has 0 aromatic rings. The van der Waals surface area contributed by atoms with Crippen LogP contribution in [0.15, 0.2) is 4.99 Å². The zero-order chi connectivity index (χ0) is 18.2. The normalized spacial score (nSPS) is 18.9. The molecule has 1 heterocycles. The molecule has 0 bridgehead atoms. The van der Waals surface area contributed by atoms with Gasteiger partial charge in [0, 0.05) is 33.2 Å². The lowest BCUT2D eigenvalue weighted by Crippen LogP contribution is -2.41. The number of hydrogen-bond acceptors (Lipinski definition) is 3. The smallest absolute Gasteiger partial charge is 0.407 e. The zero-order valence-electron chi connectivity index (χ0n) is 16.3. The molecule has 0 aromatic carbocycles.